The summed E-state index contributed by atoms with van der Waals surface area (Å²) < 4.78 is 11.3. The Hall–Kier alpha value is -1.35. The van der Waals surface area contributed by atoms with Gasteiger partial charge in [0.1, 0.15) is 5.60 Å². The maximum Gasteiger partial charge on any atom is 0.312 e. The number of hydrogen-bond donors (Lipinski definition) is 0. The Kier molecular flexibility index (Phi) is 4.25. The Morgan fingerprint density at radius 2 is 1.95 bits per heavy atom. The highest BCUT2D eigenvalue weighted by Gasteiger charge is 2.35. The van der Waals surface area contributed by atoms with Crippen LogP contribution in [0, 0.1) is 5.92 Å². The van der Waals surface area contributed by atoms with Crippen molar-refractivity contribution >= 4 is 5.97 Å². The van der Waals surface area contributed by atoms with Crippen molar-refractivity contribution < 1.29 is 14.3 Å². The second-order valence-corrected chi connectivity index (χ2v) is 5.98. The van der Waals surface area contributed by atoms with Gasteiger partial charge in [-0.2, -0.15) is 0 Å². The summed E-state index contributed by atoms with van der Waals surface area (Å²) >= 11 is 0. The fourth-order valence-corrected chi connectivity index (χ4v) is 2.37. The molecule has 2 atom stereocenters. The smallest absolute Gasteiger partial charge is 0.312 e. The van der Waals surface area contributed by atoms with Crippen LogP contribution < -0.4 is 0 Å². The molecule has 1 saturated heterocycles. The fourth-order valence-electron chi connectivity index (χ4n) is 2.37. The van der Waals surface area contributed by atoms with Gasteiger partial charge in [0.2, 0.25) is 0 Å². The van der Waals surface area contributed by atoms with Gasteiger partial charge in [-0.05, 0) is 39.2 Å². The van der Waals surface area contributed by atoms with E-state index in [1.54, 1.807) is 0 Å². The third-order valence-electron chi connectivity index (χ3n) is 3.16. The summed E-state index contributed by atoms with van der Waals surface area (Å²) in [6, 6.07) is 9.93. The van der Waals surface area contributed by atoms with Crippen molar-refractivity contribution in [1.82, 2.24) is 0 Å². The van der Waals surface area contributed by atoms with E-state index >= 15 is 0 Å². The molecule has 1 aromatic carbocycles. The van der Waals surface area contributed by atoms with Gasteiger partial charge in [0, 0.05) is 6.61 Å². The van der Waals surface area contributed by atoms with Crippen LogP contribution in [-0.2, 0) is 14.3 Å². The second-order valence-electron chi connectivity index (χ2n) is 5.98. The minimum atomic E-state index is -0.449. The summed E-state index contributed by atoms with van der Waals surface area (Å²) in [5.74, 6) is -0.351. The quantitative estimate of drug-likeness (QED) is 0.765. The first-order chi connectivity index (χ1) is 8.97. The van der Waals surface area contributed by atoms with E-state index in [2.05, 4.69) is 0 Å². The standard InChI is InChI=1S/C16H22O3/c1-16(2,3)19-15(17)13-10-7-11-18-14(13)12-8-5-4-6-9-12/h4-6,8-9,13-14H,7,10-11H2,1-3H3. The molecule has 0 saturated carbocycles. The molecule has 1 heterocycles. The van der Waals surface area contributed by atoms with Crippen LogP contribution in [0.1, 0.15) is 45.3 Å². The third-order valence-corrected chi connectivity index (χ3v) is 3.16. The molecule has 0 aliphatic carbocycles. The minimum absolute atomic E-state index is 0.152. The Balaban J connectivity index is 2.15. The van der Waals surface area contributed by atoms with Gasteiger partial charge >= 0.3 is 5.97 Å². The Morgan fingerprint density at radius 1 is 1.26 bits per heavy atom. The molecular formula is C16H22O3. The van der Waals surface area contributed by atoms with Crippen molar-refractivity contribution in [3.8, 4) is 0 Å². The Morgan fingerprint density at radius 3 is 2.58 bits per heavy atom. The molecule has 0 spiro atoms. The minimum Gasteiger partial charge on any atom is -0.460 e. The average molecular weight is 262 g/mol. The van der Waals surface area contributed by atoms with Crippen LogP contribution in [0.15, 0.2) is 30.3 Å². The molecule has 19 heavy (non-hydrogen) atoms. The molecule has 2 unspecified atom stereocenters. The van der Waals surface area contributed by atoms with E-state index in [0.717, 1.165) is 18.4 Å². The number of esters is 1. The normalized spacial score (nSPS) is 23.9. The molecule has 1 aromatic rings. The van der Waals surface area contributed by atoms with Gasteiger partial charge in [0.25, 0.3) is 0 Å². The molecular weight excluding hydrogens is 240 g/mol. The highest BCUT2D eigenvalue weighted by Crippen LogP contribution is 2.35. The predicted octanol–water partition coefficient (Wildman–Crippen LogP) is 3.50. The van der Waals surface area contributed by atoms with Gasteiger partial charge < -0.3 is 9.47 Å². The van der Waals surface area contributed by atoms with Crippen LogP contribution in [-0.4, -0.2) is 18.2 Å². The summed E-state index contributed by atoms with van der Waals surface area (Å²) in [7, 11) is 0. The van der Waals surface area contributed by atoms with E-state index in [0.29, 0.717) is 6.61 Å². The zero-order valence-electron chi connectivity index (χ0n) is 11.9. The second kappa shape index (κ2) is 5.74. The van der Waals surface area contributed by atoms with Crippen LogP contribution in [0.25, 0.3) is 0 Å². The highest BCUT2D eigenvalue weighted by molar-refractivity contribution is 5.74. The molecule has 104 valence electrons. The van der Waals surface area contributed by atoms with Crippen LogP contribution in [0.4, 0.5) is 0 Å². The van der Waals surface area contributed by atoms with Crippen molar-refractivity contribution in [1.29, 1.82) is 0 Å². The Labute approximate surface area is 114 Å². The molecule has 1 aliphatic heterocycles. The van der Waals surface area contributed by atoms with E-state index < -0.39 is 5.60 Å². The van der Waals surface area contributed by atoms with Crippen molar-refractivity contribution in [2.45, 2.75) is 45.3 Å². The molecule has 0 amide bonds. The van der Waals surface area contributed by atoms with Gasteiger partial charge in [0.15, 0.2) is 0 Å². The summed E-state index contributed by atoms with van der Waals surface area (Å²) in [4.78, 5) is 12.3. The molecule has 3 nitrogen and oxygen atoms in total. The molecule has 0 bridgehead atoms. The van der Waals surface area contributed by atoms with Crippen LogP contribution >= 0.6 is 0 Å². The van der Waals surface area contributed by atoms with Crippen LogP contribution in [0.5, 0.6) is 0 Å². The monoisotopic (exact) mass is 262 g/mol. The largest absolute Gasteiger partial charge is 0.460 e. The molecule has 0 aromatic heterocycles. The molecule has 1 fully saturated rings. The number of carbonyl (C=O) groups excluding carboxylic acids is 1. The number of hydrogen-bond acceptors (Lipinski definition) is 3. The fraction of sp³-hybridized carbons (Fsp3) is 0.562. The summed E-state index contributed by atoms with van der Waals surface area (Å²) in [6.07, 6.45) is 1.56. The molecule has 3 heteroatoms. The molecule has 0 radical (unpaired) electrons. The van der Waals surface area contributed by atoms with Gasteiger partial charge in [-0.3, -0.25) is 4.79 Å². The molecule has 1 aliphatic rings. The lowest BCUT2D eigenvalue weighted by Gasteiger charge is -2.32. The molecule has 0 N–H and O–H groups in total. The van der Waals surface area contributed by atoms with E-state index in [-0.39, 0.29) is 18.0 Å². The summed E-state index contributed by atoms with van der Waals surface area (Å²) in [5, 5.41) is 0. The third kappa shape index (κ3) is 3.80. The lowest BCUT2D eigenvalue weighted by atomic mass is 9.89. The summed E-state index contributed by atoms with van der Waals surface area (Å²) in [6.45, 7) is 6.39. The summed E-state index contributed by atoms with van der Waals surface area (Å²) in [5.41, 5.74) is 0.605. The first-order valence-corrected chi connectivity index (χ1v) is 6.87. The average Bonchev–Trinajstić information content (AvgIpc) is 2.38. The predicted molar refractivity (Wildman–Crippen MR) is 73.7 cm³/mol. The highest BCUT2D eigenvalue weighted by atomic mass is 16.6. The van der Waals surface area contributed by atoms with Crippen molar-refractivity contribution in [3.63, 3.8) is 0 Å². The van der Waals surface area contributed by atoms with Crippen LogP contribution in [0.3, 0.4) is 0 Å². The zero-order valence-corrected chi connectivity index (χ0v) is 11.9. The Bertz CT molecular complexity index is 419. The zero-order chi connectivity index (χ0) is 13.9. The van der Waals surface area contributed by atoms with Crippen molar-refractivity contribution in [2.24, 2.45) is 5.92 Å². The maximum atomic E-state index is 12.3. The van der Waals surface area contributed by atoms with Gasteiger partial charge in [-0.15, -0.1) is 0 Å². The number of ether oxygens (including phenoxy) is 2. The first-order valence-electron chi connectivity index (χ1n) is 6.87. The SMILES string of the molecule is CC(C)(C)OC(=O)C1CCCOC1c1ccccc1. The lowest BCUT2D eigenvalue weighted by Crippen LogP contribution is -2.35. The van der Waals surface area contributed by atoms with Crippen molar-refractivity contribution in [3.05, 3.63) is 35.9 Å². The van der Waals surface area contributed by atoms with E-state index in [1.807, 2.05) is 51.1 Å². The van der Waals surface area contributed by atoms with E-state index in [9.17, 15) is 4.79 Å². The topological polar surface area (TPSA) is 35.5 Å². The number of benzene rings is 1. The molecule has 2 rings (SSSR count). The van der Waals surface area contributed by atoms with Crippen LogP contribution in [0.2, 0.25) is 0 Å². The van der Waals surface area contributed by atoms with E-state index in [4.69, 9.17) is 9.47 Å². The maximum absolute atomic E-state index is 12.3. The number of rotatable bonds is 2. The van der Waals surface area contributed by atoms with Gasteiger partial charge in [-0.1, -0.05) is 30.3 Å². The van der Waals surface area contributed by atoms with Gasteiger partial charge in [0.05, 0.1) is 12.0 Å². The van der Waals surface area contributed by atoms with Gasteiger partial charge in [-0.25, -0.2) is 0 Å². The number of carbonyl (C=O) groups is 1. The first kappa shape index (κ1) is 14.1. The lowest BCUT2D eigenvalue weighted by molar-refractivity contribution is -0.169. The van der Waals surface area contributed by atoms with Crippen molar-refractivity contribution in [2.75, 3.05) is 6.61 Å². The van der Waals surface area contributed by atoms with E-state index in [1.165, 1.54) is 0 Å².